The van der Waals surface area contributed by atoms with Gasteiger partial charge in [-0.05, 0) is 43.4 Å². The van der Waals surface area contributed by atoms with Gasteiger partial charge in [-0.25, -0.2) is 3.11 Å². The number of halogens is 3. The van der Waals surface area contributed by atoms with Gasteiger partial charge in [-0.2, -0.15) is 5.10 Å². The Balaban J connectivity index is 0.00000237. The molecule has 0 saturated carbocycles. The van der Waals surface area contributed by atoms with Gasteiger partial charge < -0.3 is 20.3 Å². The van der Waals surface area contributed by atoms with Crippen LogP contribution in [0.5, 0.6) is 0 Å². The number of piperazine rings is 1. The van der Waals surface area contributed by atoms with E-state index in [0.717, 1.165) is 44.3 Å². The molecule has 0 spiro atoms. The SMILES string of the molecule is CC.O=C(COCCN1CCN(CC2CCN(I)CC2)CC1)NCCCC(=O)NC1=NN(c2ccc(Cl)c(Cl)c2)CC1. The molecule has 0 aliphatic carbocycles. The number of amides is 2. The zero-order chi connectivity index (χ0) is 30.3. The van der Waals surface area contributed by atoms with Crippen LogP contribution in [0.3, 0.4) is 0 Å². The van der Waals surface area contributed by atoms with Crippen LogP contribution < -0.4 is 15.6 Å². The smallest absolute Gasteiger partial charge is 0.245 e. The molecule has 1 aromatic carbocycles. The lowest BCUT2D eigenvalue weighted by Crippen LogP contribution is -2.49. The maximum atomic E-state index is 12.3. The molecule has 236 valence electrons. The van der Waals surface area contributed by atoms with Crippen molar-refractivity contribution in [2.45, 2.75) is 46.0 Å². The molecule has 0 radical (unpaired) electrons. The fourth-order valence-corrected chi connectivity index (χ4v) is 5.98. The molecule has 42 heavy (non-hydrogen) atoms. The highest BCUT2D eigenvalue weighted by atomic mass is 127. The third-order valence-electron chi connectivity index (χ3n) is 7.52. The van der Waals surface area contributed by atoms with Crippen LogP contribution in [0.2, 0.25) is 10.0 Å². The van der Waals surface area contributed by atoms with Gasteiger partial charge in [-0.3, -0.25) is 19.5 Å². The number of piperidine rings is 1. The van der Waals surface area contributed by atoms with Gasteiger partial charge >= 0.3 is 0 Å². The number of carbonyl (C=O) groups is 2. The van der Waals surface area contributed by atoms with E-state index >= 15 is 0 Å². The van der Waals surface area contributed by atoms with Gasteiger partial charge in [0.15, 0.2) is 0 Å². The van der Waals surface area contributed by atoms with Crippen LogP contribution in [-0.4, -0.2) is 109 Å². The molecule has 2 fully saturated rings. The van der Waals surface area contributed by atoms with E-state index in [1.807, 2.05) is 19.9 Å². The molecule has 3 aliphatic heterocycles. The minimum atomic E-state index is -0.153. The number of nitrogens with zero attached hydrogens (tertiary/aromatic N) is 5. The maximum Gasteiger partial charge on any atom is 0.245 e. The van der Waals surface area contributed by atoms with E-state index in [1.54, 1.807) is 17.1 Å². The van der Waals surface area contributed by atoms with E-state index in [2.05, 4.69) is 51.5 Å². The Morgan fingerprint density at radius 3 is 2.43 bits per heavy atom. The highest BCUT2D eigenvalue weighted by Gasteiger charge is 2.23. The lowest BCUT2D eigenvalue weighted by molar-refractivity contribution is -0.126. The topological polar surface area (TPSA) is 92.8 Å². The summed E-state index contributed by atoms with van der Waals surface area (Å²) in [5.74, 6) is 1.18. The molecule has 0 unspecified atom stereocenters. The third-order valence-corrected chi connectivity index (χ3v) is 9.22. The highest BCUT2D eigenvalue weighted by molar-refractivity contribution is 14.1. The second-order valence-electron chi connectivity index (χ2n) is 10.6. The van der Waals surface area contributed by atoms with E-state index in [-0.39, 0.29) is 18.4 Å². The molecule has 2 saturated heterocycles. The molecule has 0 aromatic heterocycles. The minimum Gasteiger partial charge on any atom is -0.370 e. The number of nitrogens with one attached hydrogen (secondary N) is 2. The Kier molecular flexibility index (Phi) is 16.1. The Hall–Kier alpha value is -1.22. The predicted molar refractivity (Wildman–Crippen MR) is 180 cm³/mol. The lowest BCUT2D eigenvalue weighted by Gasteiger charge is -2.38. The average molecular weight is 739 g/mol. The summed E-state index contributed by atoms with van der Waals surface area (Å²) < 4.78 is 7.99. The Bertz CT molecular complexity index is 1020. The molecule has 2 amide bonds. The van der Waals surface area contributed by atoms with Crippen molar-refractivity contribution in [3.05, 3.63) is 28.2 Å². The maximum absolute atomic E-state index is 12.3. The number of hydrogen-bond donors (Lipinski definition) is 2. The van der Waals surface area contributed by atoms with Crippen molar-refractivity contribution in [2.75, 3.05) is 83.7 Å². The number of rotatable bonds is 12. The van der Waals surface area contributed by atoms with Gasteiger partial charge in [0, 0.05) is 101 Å². The van der Waals surface area contributed by atoms with Crippen molar-refractivity contribution in [1.29, 1.82) is 0 Å². The normalized spacial score (nSPS) is 18.8. The van der Waals surface area contributed by atoms with E-state index in [4.69, 9.17) is 27.9 Å². The van der Waals surface area contributed by atoms with Crippen LogP contribution in [0.25, 0.3) is 0 Å². The third kappa shape index (κ3) is 12.4. The fourth-order valence-electron chi connectivity index (χ4n) is 5.13. The van der Waals surface area contributed by atoms with Crippen molar-refractivity contribution >= 4 is 69.4 Å². The molecular weight excluding hydrogens is 692 g/mol. The van der Waals surface area contributed by atoms with Crippen molar-refractivity contribution in [3.63, 3.8) is 0 Å². The molecular formula is C29H46Cl2IN7O3. The molecule has 4 rings (SSSR count). The summed E-state index contributed by atoms with van der Waals surface area (Å²) in [6, 6.07) is 5.32. The van der Waals surface area contributed by atoms with Crippen LogP contribution in [-0.2, 0) is 14.3 Å². The van der Waals surface area contributed by atoms with Crippen LogP contribution >= 0.6 is 46.1 Å². The van der Waals surface area contributed by atoms with E-state index in [9.17, 15) is 9.59 Å². The number of amidine groups is 1. The molecule has 13 heteroatoms. The highest BCUT2D eigenvalue weighted by Crippen LogP contribution is 2.28. The van der Waals surface area contributed by atoms with Gasteiger partial charge in [0.05, 0.1) is 22.3 Å². The number of ether oxygens (including phenoxy) is 1. The number of anilines is 1. The largest absolute Gasteiger partial charge is 0.370 e. The lowest BCUT2D eigenvalue weighted by atomic mass is 9.97. The van der Waals surface area contributed by atoms with Gasteiger partial charge in [0.1, 0.15) is 12.4 Å². The number of hydrazone groups is 1. The van der Waals surface area contributed by atoms with E-state index in [1.165, 1.54) is 32.5 Å². The monoisotopic (exact) mass is 737 g/mol. The first kappa shape index (κ1) is 35.3. The van der Waals surface area contributed by atoms with Crippen LogP contribution in [0, 0.1) is 5.92 Å². The van der Waals surface area contributed by atoms with Crippen LogP contribution in [0.1, 0.15) is 46.0 Å². The second kappa shape index (κ2) is 19.2. The quantitative estimate of drug-likeness (QED) is 0.188. The van der Waals surface area contributed by atoms with Gasteiger partial charge in [0.2, 0.25) is 11.8 Å². The van der Waals surface area contributed by atoms with Crippen molar-refractivity contribution < 1.29 is 14.3 Å². The predicted octanol–water partition coefficient (Wildman–Crippen LogP) is 4.25. The van der Waals surface area contributed by atoms with Crippen LogP contribution in [0.15, 0.2) is 23.3 Å². The summed E-state index contributed by atoms with van der Waals surface area (Å²) >= 11 is 14.5. The summed E-state index contributed by atoms with van der Waals surface area (Å²) in [5.41, 5.74) is 0.823. The summed E-state index contributed by atoms with van der Waals surface area (Å²) in [5, 5.41) is 12.9. The summed E-state index contributed by atoms with van der Waals surface area (Å²) in [7, 11) is 0. The number of benzene rings is 1. The van der Waals surface area contributed by atoms with Crippen molar-refractivity contribution in [2.24, 2.45) is 11.0 Å². The standard InChI is InChI=1S/C27H40Cl2IN7O3.C2H6/c28-23-4-3-22(18-24(23)29)37-11-7-25(33-37)32-26(38)2-1-8-31-27(39)20-40-17-16-34-12-14-35(15-13-34)19-21-5-9-36(30)10-6-21;1-2/h3-4,18,21H,1-2,5-17,19-20H2,(H,31,39)(H,32,33,38);1-2H3. The van der Waals surface area contributed by atoms with Crippen LogP contribution in [0.4, 0.5) is 5.69 Å². The molecule has 2 N–H and O–H groups in total. The van der Waals surface area contributed by atoms with Gasteiger partial charge in [-0.15, -0.1) is 0 Å². The van der Waals surface area contributed by atoms with Gasteiger partial charge in [-0.1, -0.05) is 37.0 Å². The number of carbonyl (C=O) groups excluding carboxylic acids is 2. The molecule has 3 heterocycles. The van der Waals surface area contributed by atoms with E-state index in [0.29, 0.717) is 54.8 Å². The molecule has 1 aromatic rings. The van der Waals surface area contributed by atoms with Crippen molar-refractivity contribution in [3.8, 4) is 0 Å². The molecule has 3 aliphatic rings. The molecule has 0 atom stereocenters. The van der Waals surface area contributed by atoms with Gasteiger partial charge in [0.25, 0.3) is 0 Å². The van der Waals surface area contributed by atoms with Crippen molar-refractivity contribution in [1.82, 2.24) is 23.5 Å². The Labute approximate surface area is 274 Å². The summed E-state index contributed by atoms with van der Waals surface area (Å²) in [4.78, 5) is 29.4. The zero-order valence-corrected chi connectivity index (χ0v) is 28.6. The second-order valence-corrected chi connectivity index (χ2v) is 12.7. The average Bonchev–Trinajstić information content (AvgIpc) is 3.46. The summed E-state index contributed by atoms with van der Waals surface area (Å²) in [6.07, 6.45) is 4.10. The Morgan fingerprint density at radius 2 is 1.71 bits per heavy atom. The first-order valence-corrected chi connectivity index (χ1v) is 16.9. The minimum absolute atomic E-state index is 0.0447. The molecule has 0 bridgehead atoms. The number of hydrogen-bond acceptors (Lipinski definition) is 8. The first-order valence-electron chi connectivity index (χ1n) is 15.2. The zero-order valence-electron chi connectivity index (χ0n) is 24.9. The molecule has 10 nitrogen and oxygen atoms in total. The first-order chi connectivity index (χ1) is 20.4. The summed E-state index contributed by atoms with van der Waals surface area (Å²) in [6.45, 7) is 14.5. The Morgan fingerprint density at radius 1 is 1.00 bits per heavy atom. The fraction of sp³-hybridized carbons (Fsp3) is 0.690. The van der Waals surface area contributed by atoms with E-state index < -0.39 is 0 Å².